The third-order valence-electron chi connectivity index (χ3n) is 4.75. The van der Waals surface area contributed by atoms with Gasteiger partial charge in [-0.25, -0.2) is 4.90 Å². The number of imide groups is 1. The van der Waals surface area contributed by atoms with Crippen molar-refractivity contribution in [2.24, 2.45) is 0 Å². The van der Waals surface area contributed by atoms with Gasteiger partial charge in [-0.15, -0.1) is 0 Å². The van der Waals surface area contributed by atoms with Gasteiger partial charge in [0.15, 0.2) is 0 Å². The lowest BCUT2D eigenvalue weighted by Gasteiger charge is -2.18. The van der Waals surface area contributed by atoms with Crippen molar-refractivity contribution >= 4 is 34.8 Å². The van der Waals surface area contributed by atoms with E-state index in [0.717, 1.165) is 16.0 Å². The minimum atomic E-state index is -0.338. The Balaban J connectivity index is 1.83. The first-order valence-corrected chi connectivity index (χ1v) is 10.6. The van der Waals surface area contributed by atoms with Gasteiger partial charge >= 0.3 is 0 Å². The highest BCUT2D eigenvalue weighted by atomic mass is 32.2. The molecule has 4 nitrogen and oxygen atoms in total. The Morgan fingerprint density at radius 1 is 0.833 bits per heavy atom. The number of benzene rings is 3. The standard InChI is InChI=1S/C25H21NO3S/c1-3-29-21-12-8-7-11-20(21)26-24(27)22(18-15-13-17(2)14-16-18)23(25(26)28)30-19-9-5-4-6-10-19/h4-16H,3H2,1-2H3. The van der Waals surface area contributed by atoms with Crippen LogP contribution in [0.5, 0.6) is 5.75 Å². The largest absolute Gasteiger partial charge is 0.492 e. The zero-order valence-electron chi connectivity index (χ0n) is 16.8. The van der Waals surface area contributed by atoms with Gasteiger partial charge in [-0.05, 0) is 43.7 Å². The normalized spacial score (nSPS) is 13.9. The average Bonchev–Trinajstić information content (AvgIpc) is 3.00. The van der Waals surface area contributed by atoms with Crippen molar-refractivity contribution in [1.82, 2.24) is 0 Å². The number of amides is 2. The number of anilines is 1. The number of rotatable bonds is 6. The first kappa shape index (κ1) is 20.0. The molecule has 0 fully saturated rings. The van der Waals surface area contributed by atoms with Crippen LogP contribution in [0.1, 0.15) is 18.1 Å². The third kappa shape index (κ3) is 3.76. The number of para-hydroxylation sites is 2. The Morgan fingerprint density at radius 3 is 2.20 bits per heavy atom. The first-order valence-electron chi connectivity index (χ1n) is 9.75. The maximum Gasteiger partial charge on any atom is 0.273 e. The molecule has 0 aliphatic carbocycles. The van der Waals surface area contributed by atoms with E-state index in [4.69, 9.17) is 4.74 Å². The fourth-order valence-corrected chi connectivity index (χ4v) is 4.34. The highest BCUT2D eigenvalue weighted by Crippen LogP contribution is 2.43. The average molecular weight is 416 g/mol. The van der Waals surface area contributed by atoms with E-state index in [1.54, 1.807) is 18.2 Å². The maximum absolute atomic E-state index is 13.5. The molecular formula is C25H21NO3S. The van der Waals surface area contributed by atoms with Crippen LogP contribution in [-0.2, 0) is 9.59 Å². The van der Waals surface area contributed by atoms with Crippen molar-refractivity contribution < 1.29 is 14.3 Å². The van der Waals surface area contributed by atoms with Crippen molar-refractivity contribution in [2.75, 3.05) is 11.5 Å². The highest BCUT2D eigenvalue weighted by molar-refractivity contribution is 8.04. The number of carbonyl (C=O) groups is 2. The molecule has 4 rings (SSSR count). The minimum absolute atomic E-state index is 0.336. The predicted octanol–water partition coefficient (Wildman–Crippen LogP) is 5.47. The highest BCUT2D eigenvalue weighted by Gasteiger charge is 2.41. The molecule has 0 N–H and O–H groups in total. The summed E-state index contributed by atoms with van der Waals surface area (Å²) in [6.45, 7) is 4.30. The number of ether oxygens (including phenoxy) is 1. The molecule has 2 amide bonds. The number of hydrogen-bond acceptors (Lipinski definition) is 4. The summed E-state index contributed by atoms with van der Waals surface area (Å²) in [4.78, 5) is 29.6. The first-order chi connectivity index (χ1) is 14.6. The van der Waals surface area contributed by atoms with Crippen LogP contribution < -0.4 is 9.64 Å². The molecule has 0 atom stereocenters. The second-order valence-electron chi connectivity index (χ2n) is 6.83. The predicted molar refractivity (Wildman–Crippen MR) is 121 cm³/mol. The monoisotopic (exact) mass is 415 g/mol. The summed E-state index contributed by atoms with van der Waals surface area (Å²) < 4.78 is 5.68. The van der Waals surface area contributed by atoms with Crippen molar-refractivity contribution in [3.05, 3.63) is 94.9 Å². The van der Waals surface area contributed by atoms with Gasteiger partial charge in [-0.3, -0.25) is 9.59 Å². The molecule has 30 heavy (non-hydrogen) atoms. The molecule has 0 saturated carbocycles. The van der Waals surface area contributed by atoms with E-state index in [0.29, 0.717) is 28.5 Å². The van der Waals surface area contributed by atoms with Crippen LogP contribution in [0.15, 0.2) is 88.7 Å². The summed E-state index contributed by atoms with van der Waals surface area (Å²) in [5.74, 6) is -0.165. The zero-order valence-corrected chi connectivity index (χ0v) is 17.6. The van der Waals surface area contributed by atoms with Gasteiger partial charge in [0.1, 0.15) is 5.75 Å². The number of thioether (sulfide) groups is 1. The molecule has 1 heterocycles. The van der Waals surface area contributed by atoms with Gasteiger partial charge < -0.3 is 4.74 Å². The molecule has 0 saturated heterocycles. The number of carbonyl (C=O) groups excluding carboxylic acids is 2. The Kier molecular flexibility index (Phi) is 5.72. The molecule has 0 unspecified atom stereocenters. The lowest BCUT2D eigenvalue weighted by molar-refractivity contribution is -0.119. The second-order valence-corrected chi connectivity index (χ2v) is 7.92. The van der Waals surface area contributed by atoms with Crippen LogP contribution in [0.2, 0.25) is 0 Å². The van der Waals surface area contributed by atoms with E-state index >= 15 is 0 Å². The topological polar surface area (TPSA) is 46.6 Å². The summed E-state index contributed by atoms with van der Waals surface area (Å²) in [6, 6.07) is 24.4. The van der Waals surface area contributed by atoms with Gasteiger partial charge in [-0.2, -0.15) is 0 Å². The summed E-state index contributed by atoms with van der Waals surface area (Å²) in [5.41, 5.74) is 2.70. The fraction of sp³-hybridized carbons (Fsp3) is 0.120. The second kappa shape index (κ2) is 8.59. The van der Waals surface area contributed by atoms with Gasteiger partial charge in [0.25, 0.3) is 11.8 Å². The van der Waals surface area contributed by atoms with Crippen LogP contribution in [0.3, 0.4) is 0 Å². The van der Waals surface area contributed by atoms with E-state index in [-0.39, 0.29) is 11.8 Å². The van der Waals surface area contributed by atoms with Crippen LogP contribution in [-0.4, -0.2) is 18.4 Å². The van der Waals surface area contributed by atoms with E-state index in [1.165, 1.54) is 16.7 Å². The Morgan fingerprint density at radius 2 is 1.50 bits per heavy atom. The molecule has 0 bridgehead atoms. The third-order valence-corrected chi connectivity index (χ3v) is 5.84. The van der Waals surface area contributed by atoms with Crippen LogP contribution in [0, 0.1) is 6.92 Å². The number of nitrogens with zero attached hydrogens (tertiary/aromatic N) is 1. The van der Waals surface area contributed by atoms with Crippen molar-refractivity contribution in [3.8, 4) is 5.75 Å². The molecule has 0 spiro atoms. The van der Waals surface area contributed by atoms with E-state index in [1.807, 2.05) is 74.5 Å². The van der Waals surface area contributed by atoms with Gasteiger partial charge in [0.2, 0.25) is 0 Å². The van der Waals surface area contributed by atoms with Crippen LogP contribution in [0.4, 0.5) is 5.69 Å². The zero-order chi connectivity index (χ0) is 21.1. The summed E-state index contributed by atoms with van der Waals surface area (Å²) >= 11 is 1.31. The van der Waals surface area contributed by atoms with E-state index < -0.39 is 0 Å². The Hall–Kier alpha value is -3.31. The molecule has 1 aliphatic heterocycles. The summed E-state index contributed by atoms with van der Waals surface area (Å²) in [6.07, 6.45) is 0. The van der Waals surface area contributed by atoms with Gasteiger partial charge in [0, 0.05) is 4.90 Å². The van der Waals surface area contributed by atoms with Crippen LogP contribution >= 0.6 is 11.8 Å². The smallest absolute Gasteiger partial charge is 0.273 e. The quantitative estimate of drug-likeness (QED) is 0.501. The molecule has 1 aliphatic rings. The fourth-order valence-electron chi connectivity index (χ4n) is 3.32. The van der Waals surface area contributed by atoms with Crippen molar-refractivity contribution in [2.45, 2.75) is 18.7 Å². The van der Waals surface area contributed by atoms with E-state index in [9.17, 15) is 9.59 Å². The van der Waals surface area contributed by atoms with Crippen molar-refractivity contribution in [1.29, 1.82) is 0 Å². The summed E-state index contributed by atoms with van der Waals surface area (Å²) in [7, 11) is 0. The number of hydrogen-bond donors (Lipinski definition) is 0. The van der Waals surface area contributed by atoms with E-state index in [2.05, 4.69) is 0 Å². The Bertz CT molecular complexity index is 1120. The molecule has 0 radical (unpaired) electrons. The van der Waals surface area contributed by atoms with Gasteiger partial charge in [-0.1, -0.05) is 71.9 Å². The minimum Gasteiger partial charge on any atom is -0.492 e. The number of aryl methyl sites for hydroxylation is 1. The maximum atomic E-state index is 13.5. The van der Waals surface area contributed by atoms with Gasteiger partial charge in [0.05, 0.1) is 22.8 Å². The molecule has 5 heteroatoms. The van der Waals surface area contributed by atoms with Crippen LogP contribution in [0.25, 0.3) is 5.57 Å². The SMILES string of the molecule is CCOc1ccccc1N1C(=O)C(Sc2ccccc2)=C(c2ccc(C)cc2)C1=O. The molecular weight excluding hydrogens is 394 g/mol. The lowest BCUT2D eigenvalue weighted by Crippen LogP contribution is -2.31. The molecule has 3 aromatic rings. The lowest BCUT2D eigenvalue weighted by atomic mass is 10.0. The molecule has 0 aromatic heterocycles. The van der Waals surface area contributed by atoms with Crippen molar-refractivity contribution in [3.63, 3.8) is 0 Å². The molecule has 150 valence electrons. The molecule has 3 aromatic carbocycles. The summed E-state index contributed by atoms with van der Waals surface area (Å²) in [5, 5.41) is 0. The Labute approximate surface area is 180 Å².